The fourth-order valence-electron chi connectivity index (χ4n) is 4.41. The molecule has 1 amide bonds. The molecule has 2 aromatic rings. The Morgan fingerprint density at radius 3 is 2.29 bits per heavy atom. The summed E-state index contributed by atoms with van der Waals surface area (Å²) in [5.41, 5.74) is 5.99. The van der Waals surface area contributed by atoms with E-state index < -0.39 is 0 Å². The maximum absolute atomic E-state index is 12.7. The van der Waals surface area contributed by atoms with E-state index in [2.05, 4.69) is 81.1 Å². The van der Waals surface area contributed by atoms with Crippen LogP contribution in [0.5, 0.6) is 0 Å². The summed E-state index contributed by atoms with van der Waals surface area (Å²) >= 11 is 0. The van der Waals surface area contributed by atoms with Crippen LogP contribution >= 0.6 is 0 Å². The highest BCUT2D eigenvalue weighted by Gasteiger charge is 2.23. The number of aromatic nitrogens is 2. The molecule has 0 bridgehead atoms. The van der Waals surface area contributed by atoms with E-state index in [1.54, 1.807) is 0 Å². The predicted molar refractivity (Wildman–Crippen MR) is 129 cm³/mol. The number of nitrogens with one attached hydrogen (secondary N) is 1. The lowest BCUT2D eigenvalue weighted by Gasteiger charge is -2.34. The molecule has 1 N–H and O–H groups in total. The summed E-state index contributed by atoms with van der Waals surface area (Å²) in [5.74, 6) is 0.651. The second-order valence-corrected chi connectivity index (χ2v) is 10.5. The van der Waals surface area contributed by atoms with E-state index in [0.29, 0.717) is 12.3 Å². The van der Waals surface area contributed by atoms with Crippen LogP contribution in [-0.4, -0.2) is 34.8 Å². The minimum absolute atomic E-state index is 0.114. The molecule has 1 saturated heterocycles. The molecule has 0 unspecified atom stereocenters. The quantitative estimate of drug-likeness (QED) is 0.726. The van der Waals surface area contributed by atoms with Gasteiger partial charge in [-0.3, -0.25) is 9.48 Å². The third-order valence-corrected chi connectivity index (χ3v) is 6.37. The van der Waals surface area contributed by atoms with Gasteiger partial charge in [-0.1, -0.05) is 46.8 Å². The summed E-state index contributed by atoms with van der Waals surface area (Å²) in [6.07, 6.45) is 2.39. The normalized spacial score (nSPS) is 15.5. The van der Waals surface area contributed by atoms with Crippen LogP contribution in [0.1, 0.15) is 70.0 Å². The zero-order chi connectivity index (χ0) is 22.8. The maximum Gasteiger partial charge on any atom is 0.224 e. The number of carbonyl (C=O) groups is 1. The van der Waals surface area contributed by atoms with Gasteiger partial charge in [0.15, 0.2) is 0 Å². The molecule has 1 aliphatic heterocycles. The zero-order valence-electron chi connectivity index (χ0n) is 20.5. The molecule has 0 spiro atoms. The number of aryl methyl sites for hydroxylation is 1. The third-order valence-electron chi connectivity index (χ3n) is 6.37. The van der Waals surface area contributed by atoms with Gasteiger partial charge in [0.1, 0.15) is 0 Å². The van der Waals surface area contributed by atoms with Crippen LogP contribution in [-0.2, 0) is 23.2 Å². The number of anilines is 1. The van der Waals surface area contributed by atoms with Crippen molar-refractivity contribution in [1.82, 2.24) is 15.1 Å². The van der Waals surface area contributed by atoms with Crippen molar-refractivity contribution in [2.45, 2.75) is 85.7 Å². The molecule has 1 fully saturated rings. The lowest BCUT2D eigenvalue weighted by Crippen LogP contribution is -2.45. The van der Waals surface area contributed by atoms with E-state index in [4.69, 9.17) is 0 Å². The molecular formula is C26H40N4O. The first-order valence-electron chi connectivity index (χ1n) is 11.7. The van der Waals surface area contributed by atoms with Gasteiger partial charge in [0.2, 0.25) is 5.91 Å². The standard InChI is InChI=1S/C26H40N4O/c1-18(2)17-30-20(4)24(19(3)28-30)16-25(31)27-22-12-14-29(15-13-22)23-10-8-21(9-11-23)26(5,6)7/h8-11,18,22H,12-17H2,1-7H3,(H,27,31). The number of nitrogens with zero attached hydrogens (tertiary/aromatic N) is 3. The highest BCUT2D eigenvalue weighted by molar-refractivity contribution is 5.79. The van der Waals surface area contributed by atoms with E-state index in [1.807, 2.05) is 11.6 Å². The van der Waals surface area contributed by atoms with Gasteiger partial charge in [-0.15, -0.1) is 0 Å². The molecule has 0 aliphatic carbocycles. The van der Waals surface area contributed by atoms with Gasteiger partial charge in [0, 0.05) is 42.6 Å². The van der Waals surface area contributed by atoms with Gasteiger partial charge in [-0.05, 0) is 55.7 Å². The second kappa shape index (κ2) is 9.46. The number of hydrogen-bond donors (Lipinski definition) is 1. The summed E-state index contributed by atoms with van der Waals surface area (Å²) in [6.45, 7) is 18.0. The molecule has 1 aliphatic rings. The molecule has 5 nitrogen and oxygen atoms in total. The summed E-state index contributed by atoms with van der Waals surface area (Å²) in [5, 5.41) is 7.92. The number of amides is 1. The van der Waals surface area contributed by atoms with Crippen LogP contribution in [0.4, 0.5) is 5.69 Å². The lowest BCUT2D eigenvalue weighted by atomic mass is 9.87. The highest BCUT2D eigenvalue weighted by Crippen LogP contribution is 2.26. The Kier molecular flexibility index (Phi) is 7.13. The molecule has 1 aromatic carbocycles. The lowest BCUT2D eigenvalue weighted by molar-refractivity contribution is -0.121. The number of rotatable bonds is 6. The Balaban J connectivity index is 1.52. The summed E-state index contributed by atoms with van der Waals surface area (Å²) < 4.78 is 2.05. The SMILES string of the molecule is Cc1nn(CC(C)C)c(C)c1CC(=O)NC1CCN(c2ccc(C(C)(C)C)cc2)CC1. The fourth-order valence-corrected chi connectivity index (χ4v) is 4.41. The van der Waals surface area contributed by atoms with Crippen molar-refractivity contribution < 1.29 is 4.79 Å². The Hall–Kier alpha value is -2.30. The molecule has 31 heavy (non-hydrogen) atoms. The van der Waals surface area contributed by atoms with Crippen molar-refractivity contribution in [2.24, 2.45) is 5.92 Å². The van der Waals surface area contributed by atoms with Crippen LogP contribution in [0, 0.1) is 19.8 Å². The molecule has 1 aromatic heterocycles. The first-order chi connectivity index (χ1) is 14.5. The number of piperidine rings is 1. The molecule has 5 heteroatoms. The molecule has 170 valence electrons. The fraction of sp³-hybridized carbons (Fsp3) is 0.615. The summed E-state index contributed by atoms with van der Waals surface area (Å²) in [7, 11) is 0. The van der Waals surface area contributed by atoms with Crippen molar-refractivity contribution in [1.29, 1.82) is 0 Å². The maximum atomic E-state index is 12.7. The van der Waals surface area contributed by atoms with Gasteiger partial charge in [-0.25, -0.2) is 0 Å². The zero-order valence-corrected chi connectivity index (χ0v) is 20.5. The van der Waals surface area contributed by atoms with Crippen LogP contribution in [0.25, 0.3) is 0 Å². The number of hydrogen-bond acceptors (Lipinski definition) is 3. The largest absolute Gasteiger partial charge is 0.371 e. The van der Waals surface area contributed by atoms with E-state index in [1.165, 1.54) is 11.3 Å². The van der Waals surface area contributed by atoms with Crippen LogP contribution < -0.4 is 10.2 Å². The number of benzene rings is 1. The Labute approximate surface area is 188 Å². The van der Waals surface area contributed by atoms with E-state index in [-0.39, 0.29) is 17.4 Å². The van der Waals surface area contributed by atoms with Gasteiger partial charge in [0.25, 0.3) is 0 Å². The average molecular weight is 425 g/mol. The van der Waals surface area contributed by atoms with Crippen molar-refractivity contribution in [3.63, 3.8) is 0 Å². The van der Waals surface area contributed by atoms with Crippen LogP contribution in [0.15, 0.2) is 24.3 Å². The van der Waals surface area contributed by atoms with Gasteiger partial charge in [-0.2, -0.15) is 5.10 Å². The second-order valence-electron chi connectivity index (χ2n) is 10.5. The Morgan fingerprint density at radius 1 is 1.13 bits per heavy atom. The number of carbonyl (C=O) groups excluding carboxylic acids is 1. The van der Waals surface area contributed by atoms with E-state index >= 15 is 0 Å². The Bertz CT molecular complexity index is 881. The van der Waals surface area contributed by atoms with Gasteiger partial charge in [0.05, 0.1) is 12.1 Å². The highest BCUT2D eigenvalue weighted by atomic mass is 16.1. The van der Waals surface area contributed by atoms with E-state index in [9.17, 15) is 4.79 Å². The van der Waals surface area contributed by atoms with Gasteiger partial charge < -0.3 is 10.2 Å². The molecule has 0 saturated carbocycles. The Morgan fingerprint density at radius 2 is 1.74 bits per heavy atom. The van der Waals surface area contributed by atoms with Crippen molar-refractivity contribution in [2.75, 3.05) is 18.0 Å². The molecule has 2 heterocycles. The smallest absolute Gasteiger partial charge is 0.224 e. The first-order valence-corrected chi connectivity index (χ1v) is 11.7. The monoisotopic (exact) mass is 424 g/mol. The topological polar surface area (TPSA) is 50.2 Å². The molecular weight excluding hydrogens is 384 g/mol. The van der Waals surface area contributed by atoms with E-state index in [0.717, 1.165) is 49.4 Å². The predicted octanol–water partition coefficient (Wildman–Crippen LogP) is 4.78. The third kappa shape index (κ3) is 5.90. The van der Waals surface area contributed by atoms with Gasteiger partial charge >= 0.3 is 0 Å². The van der Waals surface area contributed by atoms with Crippen molar-refractivity contribution >= 4 is 11.6 Å². The minimum atomic E-state index is 0.114. The van der Waals surface area contributed by atoms with Crippen LogP contribution in [0.2, 0.25) is 0 Å². The minimum Gasteiger partial charge on any atom is -0.371 e. The summed E-state index contributed by atoms with van der Waals surface area (Å²) in [6, 6.07) is 9.21. The first kappa shape index (κ1) is 23.4. The molecule has 3 rings (SSSR count). The molecule has 0 radical (unpaired) electrons. The van der Waals surface area contributed by atoms with Crippen LogP contribution in [0.3, 0.4) is 0 Å². The van der Waals surface area contributed by atoms with Crippen molar-refractivity contribution in [3.05, 3.63) is 46.8 Å². The van der Waals surface area contributed by atoms with Crippen molar-refractivity contribution in [3.8, 4) is 0 Å². The average Bonchev–Trinajstić information content (AvgIpc) is 2.95. The molecule has 0 atom stereocenters. The summed E-state index contributed by atoms with van der Waals surface area (Å²) in [4.78, 5) is 15.2.